The fraction of sp³-hybridized carbons (Fsp3) is 0.500. The number of hydrogen-bond donors (Lipinski definition) is 0. The lowest BCUT2D eigenvalue weighted by Gasteiger charge is -2.34. The highest BCUT2D eigenvalue weighted by molar-refractivity contribution is 5.83. The fourth-order valence-corrected chi connectivity index (χ4v) is 3.01. The highest BCUT2D eigenvalue weighted by Crippen LogP contribution is 2.48. The Bertz CT molecular complexity index is 506. The van der Waals surface area contributed by atoms with E-state index in [4.69, 9.17) is 0 Å². The third-order valence-corrected chi connectivity index (χ3v) is 4.37. The zero-order valence-corrected chi connectivity index (χ0v) is 11.8. The molecule has 1 saturated carbocycles. The van der Waals surface area contributed by atoms with Crippen molar-refractivity contribution in [2.75, 3.05) is 26.2 Å². The molecule has 20 heavy (non-hydrogen) atoms. The van der Waals surface area contributed by atoms with Crippen LogP contribution in [0.15, 0.2) is 30.3 Å². The minimum Gasteiger partial charge on any atom is -0.339 e. The second-order valence-electron chi connectivity index (χ2n) is 5.69. The van der Waals surface area contributed by atoms with Gasteiger partial charge in [-0.25, -0.2) is 0 Å². The number of piperazine rings is 1. The average molecular weight is 272 g/mol. The molecule has 1 heterocycles. The summed E-state index contributed by atoms with van der Waals surface area (Å²) in [5.74, 6) is 0.920. The monoisotopic (exact) mass is 272 g/mol. The van der Waals surface area contributed by atoms with Crippen LogP contribution in [0.25, 0.3) is 0 Å². The van der Waals surface area contributed by atoms with Crippen LogP contribution in [-0.4, -0.2) is 47.8 Å². The molecule has 2 atom stereocenters. The topological polar surface area (TPSA) is 40.6 Å². The summed E-state index contributed by atoms with van der Waals surface area (Å²) < 4.78 is 0. The van der Waals surface area contributed by atoms with Gasteiger partial charge in [0, 0.05) is 39.0 Å². The molecule has 4 nitrogen and oxygen atoms in total. The Morgan fingerprint density at radius 2 is 1.60 bits per heavy atom. The first-order valence-electron chi connectivity index (χ1n) is 7.26. The van der Waals surface area contributed by atoms with Crippen LogP contribution in [0.1, 0.15) is 24.8 Å². The second kappa shape index (κ2) is 5.27. The van der Waals surface area contributed by atoms with Crippen LogP contribution in [0.5, 0.6) is 0 Å². The molecule has 0 unspecified atom stereocenters. The summed E-state index contributed by atoms with van der Waals surface area (Å²) in [5, 5.41) is 0. The van der Waals surface area contributed by atoms with Crippen LogP contribution in [-0.2, 0) is 9.59 Å². The number of rotatable bonds is 2. The first-order chi connectivity index (χ1) is 9.66. The van der Waals surface area contributed by atoms with Gasteiger partial charge < -0.3 is 9.80 Å². The van der Waals surface area contributed by atoms with Crippen LogP contribution in [0, 0.1) is 5.92 Å². The van der Waals surface area contributed by atoms with Crippen molar-refractivity contribution in [3.8, 4) is 0 Å². The standard InChI is InChI=1S/C16H20N2O2/c1-12(19)17-7-9-18(10-8-17)16(20)15-11-14(15)13-5-3-2-4-6-13/h2-6,14-15H,7-11H2,1H3/t14-,15+/m1/s1. The molecule has 3 rings (SSSR count). The third-order valence-electron chi connectivity index (χ3n) is 4.37. The van der Waals surface area contributed by atoms with E-state index >= 15 is 0 Å². The highest BCUT2D eigenvalue weighted by Gasteiger charge is 2.45. The molecule has 2 aliphatic rings. The number of carbonyl (C=O) groups excluding carboxylic acids is 2. The lowest BCUT2D eigenvalue weighted by molar-refractivity contribution is -0.139. The van der Waals surface area contributed by atoms with E-state index in [1.807, 2.05) is 28.0 Å². The van der Waals surface area contributed by atoms with Gasteiger partial charge in [0.05, 0.1) is 0 Å². The smallest absolute Gasteiger partial charge is 0.226 e. The van der Waals surface area contributed by atoms with Gasteiger partial charge >= 0.3 is 0 Å². The molecule has 106 valence electrons. The van der Waals surface area contributed by atoms with Gasteiger partial charge in [0.2, 0.25) is 11.8 Å². The van der Waals surface area contributed by atoms with E-state index in [1.54, 1.807) is 6.92 Å². The van der Waals surface area contributed by atoms with Gasteiger partial charge in [-0.15, -0.1) is 0 Å². The Labute approximate surface area is 119 Å². The molecule has 1 aliphatic carbocycles. The Morgan fingerprint density at radius 1 is 1.00 bits per heavy atom. The second-order valence-corrected chi connectivity index (χ2v) is 5.69. The minimum atomic E-state index is 0.102. The summed E-state index contributed by atoms with van der Waals surface area (Å²) in [6, 6.07) is 10.3. The molecule has 1 aromatic rings. The quantitative estimate of drug-likeness (QED) is 0.818. The third kappa shape index (κ3) is 2.55. The van der Waals surface area contributed by atoms with Gasteiger partial charge in [0.1, 0.15) is 0 Å². The summed E-state index contributed by atoms with van der Waals surface area (Å²) in [4.78, 5) is 27.5. The molecule has 1 aromatic carbocycles. The van der Waals surface area contributed by atoms with Crippen LogP contribution >= 0.6 is 0 Å². The zero-order chi connectivity index (χ0) is 14.1. The molecule has 2 fully saturated rings. The molecule has 0 aromatic heterocycles. The van der Waals surface area contributed by atoms with Gasteiger partial charge in [0.25, 0.3) is 0 Å². The maximum atomic E-state index is 12.4. The molecular formula is C16H20N2O2. The minimum absolute atomic E-state index is 0.102. The van der Waals surface area contributed by atoms with E-state index in [1.165, 1.54) is 5.56 Å². The van der Waals surface area contributed by atoms with E-state index in [9.17, 15) is 9.59 Å². The summed E-state index contributed by atoms with van der Waals surface area (Å²) in [6.07, 6.45) is 0.968. The molecule has 1 aliphatic heterocycles. The number of carbonyl (C=O) groups is 2. The van der Waals surface area contributed by atoms with Crippen molar-refractivity contribution >= 4 is 11.8 Å². The average Bonchev–Trinajstić information content (AvgIpc) is 3.28. The van der Waals surface area contributed by atoms with Crippen molar-refractivity contribution in [1.82, 2.24) is 9.80 Å². The predicted octanol–water partition coefficient (Wildman–Crippen LogP) is 1.48. The summed E-state index contributed by atoms with van der Waals surface area (Å²) in [5.41, 5.74) is 1.27. The Balaban J connectivity index is 1.56. The molecule has 4 heteroatoms. The van der Waals surface area contributed by atoms with Gasteiger partial charge in [0.15, 0.2) is 0 Å². The fourth-order valence-electron chi connectivity index (χ4n) is 3.01. The molecule has 0 N–H and O–H groups in total. The normalized spacial score (nSPS) is 25.4. The summed E-state index contributed by atoms with van der Waals surface area (Å²) in [7, 11) is 0. The molecule has 0 radical (unpaired) electrons. The number of hydrogen-bond acceptors (Lipinski definition) is 2. The van der Waals surface area contributed by atoms with E-state index in [-0.39, 0.29) is 17.7 Å². The lowest BCUT2D eigenvalue weighted by Crippen LogP contribution is -2.50. The number of nitrogens with zero attached hydrogens (tertiary/aromatic N) is 2. The SMILES string of the molecule is CC(=O)N1CCN(C(=O)[C@H]2C[C@@H]2c2ccccc2)CC1. The van der Waals surface area contributed by atoms with Gasteiger partial charge in [-0.05, 0) is 17.9 Å². The van der Waals surface area contributed by atoms with Gasteiger partial charge in [-0.2, -0.15) is 0 Å². The predicted molar refractivity (Wildman–Crippen MR) is 76.1 cm³/mol. The van der Waals surface area contributed by atoms with Crippen molar-refractivity contribution in [2.24, 2.45) is 5.92 Å². The first-order valence-corrected chi connectivity index (χ1v) is 7.26. The Morgan fingerprint density at radius 3 is 2.20 bits per heavy atom. The lowest BCUT2D eigenvalue weighted by atomic mass is 10.1. The van der Waals surface area contributed by atoms with Gasteiger partial charge in [-0.1, -0.05) is 30.3 Å². The largest absolute Gasteiger partial charge is 0.339 e. The number of amides is 2. The van der Waals surface area contributed by atoms with E-state index in [0.29, 0.717) is 32.1 Å². The van der Waals surface area contributed by atoms with E-state index in [2.05, 4.69) is 12.1 Å². The molecular weight excluding hydrogens is 252 g/mol. The maximum Gasteiger partial charge on any atom is 0.226 e. The van der Waals surface area contributed by atoms with Crippen molar-refractivity contribution in [1.29, 1.82) is 0 Å². The van der Waals surface area contributed by atoms with Crippen LogP contribution in [0.3, 0.4) is 0 Å². The van der Waals surface area contributed by atoms with E-state index in [0.717, 1.165) is 6.42 Å². The van der Waals surface area contributed by atoms with Crippen molar-refractivity contribution in [3.05, 3.63) is 35.9 Å². The maximum absolute atomic E-state index is 12.4. The molecule has 0 bridgehead atoms. The van der Waals surface area contributed by atoms with Crippen LogP contribution in [0.2, 0.25) is 0 Å². The molecule has 2 amide bonds. The number of benzene rings is 1. The van der Waals surface area contributed by atoms with Crippen LogP contribution < -0.4 is 0 Å². The molecule has 1 saturated heterocycles. The van der Waals surface area contributed by atoms with E-state index < -0.39 is 0 Å². The highest BCUT2D eigenvalue weighted by atomic mass is 16.2. The van der Waals surface area contributed by atoms with Crippen molar-refractivity contribution in [2.45, 2.75) is 19.3 Å². The molecule has 0 spiro atoms. The summed E-state index contributed by atoms with van der Waals surface area (Å²) in [6.45, 7) is 4.28. The van der Waals surface area contributed by atoms with Crippen molar-refractivity contribution < 1.29 is 9.59 Å². The Hall–Kier alpha value is -1.84. The van der Waals surface area contributed by atoms with Crippen molar-refractivity contribution in [3.63, 3.8) is 0 Å². The van der Waals surface area contributed by atoms with Gasteiger partial charge in [-0.3, -0.25) is 9.59 Å². The van der Waals surface area contributed by atoms with Crippen LogP contribution in [0.4, 0.5) is 0 Å². The summed E-state index contributed by atoms with van der Waals surface area (Å²) >= 11 is 0. The Kier molecular flexibility index (Phi) is 3.47. The zero-order valence-electron chi connectivity index (χ0n) is 11.8. The first kappa shape index (κ1) is 13.2.